The van der Waals surface area contributed by atoms with E-state index in [2.05, 4.69) is 62.3 Å². The molecule has 3 radical (unpaired) electrons. The van der Waals surface area contributed by atoms with Crippen LogP contribution < -0.4 is 14.5 Å². The van der Waals surface area contributed by atoms with Gasteiger partial charge in [0.05, 0.1) is 40.0 Å². The number of fused-ring (bicyclic) bond motifs is 2. The quantitative estimate of drug-likeness (QED) is 0.273. The van der Waals surface area contributed by atoms with Gasteiger partial charge in [-0.2, -0.15) is 15.2 Å². The van der Waals surface area contributed by atoms with Crippen LogP contribution in [-0.2, 0) is 13.0 Å². The third-order valence-corrected chi connectivity index (χ3v) is 10.2. The Morgan fingerprint density at radius 1 is 1.20 bits per heavy atom. The van der Waals surface area contributed by atoms with Crippen molar-refractivity contribution in [3.8, 4) is 12.1 Å². The average Bonchev–Trinajstić information content (AvgIpc) is 3.46. The summed E-state index contributed by atoms with van der Waals surface area (Å²) in [7, 11) is 5.98. The molecule has 1 N–H and O–H groups in total. The first-order valence-electron chi connectivity index (χ1n) is 15.5. The summed E-state index contributed by atoms with van der Waals surface area (Å²) in [5, 5.41) is 22.5. The molecular formula is C33H38ClFN7O2Si. The number of alkyl halides is 1. The number of aliphatic hydroxyl groups is 1. The van der Waals surface area contributed by atoms with Gasteiger partial charge in [0.15, 0.2) is 0 Å². The van der Waals surface area contributed by atoms with Crippen molar-refractivity contribution in [1.82, 2.24) is 19.8 Å². The molecule has 45 heavy (non-hydrogen) atoms. The fraction of sp³-hybridized carbons (Fsp3) is 0.485. The molecule has 1 aromatic heterocycles. The van der Waals surface area contributed by atoms with Gasteiger partial charge in [-0.05, 0) is 56.4 Å². The maximum absolute atomic E-state index is 12.8. The molecule has 3 aliphatic rings. The standard InChI is InChI=1S/C33H38ClFN7O2Si/c1-39-16-5-8-24(39)21-44-32-37-27-20-40(28-10-3-7-23-6-2-9-26(34)30(23)28)17-12-25(27)31(38-32)41-18-19-42(29(43)11-4-14-35)33(45,22-41)13-15-36/h2-4,6-7,9-11,24,29,43H,5,8,12-14,16-22H2,1H3/b11-4+/t24-,29?,33-/m0/s1. The summed E-state index contributed by atoms with van der Waals surface area (Å²) in [6.07, 6.45) is 4.73. The number of hydrogen-bond donors (Lipinski definition) is 1. The molecule has 1 unspecified atom stereocenters. The van der Waals surface area contributed by atoms with Crippen LogP contribution in [-0.4, -0.2) is 106 Å². The van der Waals surface area contributed by atoms with Gasteiger partial charge in [0, 0.05) is 54.0 Å². The predicted octanol–water partition coefficient (Wildman–Crippen LogP) is 4.06. The van der Waals surface area contributed by atoms with Crippen molar-refractivity contribution >= 4 is 44.1 Å². The molecule has 0 bridgehead atoms. The van der Waals surface area contributed by atoms with Crippen molar-refractivity contribution in [2.45, 2.75) is 49.7 Å². The van der Waals surface area contributed by atoms with E-state index in [0.717, 1.165) is 59.5 Å². The van der Waals surface area contributed by atoms with E-state index in [0.29, 0.717) is 56.3 Å². The Morgan fingerprint density at radius 2 is 2.02 bits per heavy atom. The van der Waals surface area contributed by atoms with Gasteiger partial charge in [-0.1, -0.05) is 41.9 Å². The largest absolute Gasteiger partial charge is 0.462 e. The first-order valence-corrected chi connectivity index (χ1v) is 16.4. The highest BCUT2D eigenvalue weighted by atomic mass is 35.5. The average molecular weight is 647 g/mol. The fourth-order valence-electron chi connectivity index (χ4n) is 6.88. The highest BCUT2D eigenvalue weighted by molar-refractivity contribution is 6.36. The second kappa shape index (κ2) is 13.6. The molecule has 3 atom stereocenters. The number of benzene rings is 2. The number of likely N-dealkylation sites (N-methyl/N-ethyl adjacent to an activating group) is 1. The summed E-state index contributed by atoms with van der Waals surface area (Å²) < 4.78 is 19.1. The Labute approximate surface area is 272 Å². The van der Waals surface area contributed by atoms with E-state index in [1.807, 2.05) is 12.1 Å². The third kappa shape index (κ3) is 6.53. The van der Waals surface area contributed by atoms with Crippen LogP contribution in [0.1, 0.15) is 30.5 Å². The van der Waals surface area contributed by atoms with Crippen LogP contribution in [0.3, 0.4) is 0 Å². The molecule has 0 aliphatic carbocycles. The zero-order chi connectivity index (χ0) is 31.6. The van der Waals surface area contributed by atoms with E-state index in [4.69, 9.17) is 26.3 Å². The van der Waals surface area contributed by atoms with E-state index in [1.54, 1.807) is 4.90 Å². The smallest absolute Gasteiger partial charge is 0.318 e. The van der Waals surface area contributed by atoms with Crippen LogP contribution in [0.4, 0.5) is 15.9 Å². The number of aliphatic hydroxyl groups excluding tert-OH is 1. The summed E-state index contributed by atoms with van der Waals surface area (Å²) in [6, 6.07) is 15.1. The third-order valence-electron chi connectivity index (χ3n) is 9.27. The topological polar surface area (TPSA) is 92.0 Å². The number of allylic oxidation sites excluding steroid dienone is 1. The van der Waals surface area contributed by atoms with Gasteiger partial charge in [-0.15, -0.1) is 0 Å². The monoisotopic (exact) mass is 646 g/mol. The van der Waals surface area contributed by atoms with Crippen molar-refractivity contribution in [1.29, 1.82) is 5.26 Å². The van der Waals surface area contributed by atoms with E-state index in [-0.39, 0.29) is 6.42 Å². The van der Waals surface area contributed by atoms with Gasteiger partial charge in [0.2, 0.25) is 0 Å². The molecule has 0 spiro atoms. The number of rotatable bonds is 9. The van der Waals surface area contributed by atoms with E-state index in [1.165, 1.54) is 12.2 Å². The first kappa shape index (κ1) is 31.7. The second-order valence-corrected chi connectivity index (χ2v) is 13.4. The number of hydrogen-bond acceptors (Lipinski definition) is 9. The molecule has 235 valence electrons. The molecule has 6 rings (SSSR count). The van der Waals surface area contributed by atoms with Crippen LogP contribution in [0, 0.1) is 11.3 Å². The first-order chi connectivity index (χ1) is 21.8. The predicted molar refractivity (Wildman–Crippen MR) is 176 cm³/mol. The van der Waals surface area contributed by atoms with Crippen LogP contribution in [0.2, 0.25) is 5.02 Å². The number of anilines is 2. The summed E-state index contributed by atoms with van der Waals surface area (Å²) in [4.78, 5) is 18.5. The second-order valence-electron chi connectivity index (χ2n) is 12.1. The number of nitrogens with zero attached hydrogens (tertiary/aromatic N) is 7. The molecule has 2 fully saturated rings. The van der Waals surface area contributed by atoms with Gasteiger partial charge >= 0.3 is 6.01 Å². The maximum atomic E-state index is 12.8. The molecule has 12 heteroatoms. The molecule has 2 aromatic carbocycles. The summed E-state index contributed by atoms with van der Waals surface area (Å²) in [5.74, 6) is 0.791. The zero-order valence-electron chi connectivity index (χ0n) is 25.5. The van der Waals surface area contributed by atoms with Gasteiger partial charge < -0.3 is 24.5 Å². The SMILES string of the molecule is CN1CCC[C@H]1COc1nc2c(c(N3CCN(C(O)/C=C/CF)[C@]([Si])(CC#N)C3)n1)CCN(c1cccc3cccc(Cl)c13)C2. The Morgan fingerprint density at radius 3 is 2.78 bits per heavy atom. The Bertz CT molecular complexity index is 1600. The lowest BCUT2D eigenvalue weighted by Crippen LogP contribution is -2.65. The molecular weight excluding hydrogens is 609 g/mol. The van der Waals surface area contributed by atoms with Crippen molar-refractivity contribution < 1.29 is 14.2 Å². The fourth-order valence-corrected chi connectivity index (χ4v) is 7.67. The van der Waals surface area contributed by atoms with Crippen molar-refractivity contribution in [2.75, 3.05) is 62.9 Å². The van der Waals surface area contributed by atoms with Crippen molar-refractivity contribution in [3.05, 3.63) is 64.8 Å². The van der Waals surface area contributed by atoms with Gasteiger partial charge in [-0.25, -0.2) is 4.39 Å². The van der Waals surface area contributed by atoms with E-state index in [9.17, 15) is 14.8 Å². The van der Waals surface area contributed by atoms with E-state index < -0.39 is 18.1 Å². The summed E-state index contributed by atoms with van der Waals surface area (Å²) in [6.45, 7) is 3.58. The maximum Gasteiger partial charge on any atom is 0.318 e. The minimum absolute atomic E-state index is 0.112. The molecule has 0 amide bonds. The van der Waals surface area contributed by atoms with Gasteiger partial charge in [0.1, 0.15) is 25.3 Å². The van der Waals surface area contributed by atoms with E-state index >= 15 is 0 Å². The number of aromatic nitrogens is 2. The Kier molecular flexibility index (Phi) is 9.59. The van der Waals surface area contributed by atoms with Crippen LogP contribution in [0.25, 0.3) is 10.8 Å². The summed E-state index contributed by atoms with van der Waals surface area (Å²) in [5.41, 5.74) is 3.02. The summed E-state index contributed by atoms with van der Waals surface area (Å²) >= 11 is 6.71. The van der Waals surface area contributed by atoms with Crippen LogP contribution in [0.5, 0.6) is 6.01 Å². The Hall–Kier alpha value is -3.27. The molecule has 3 aromatic rings. The minimum Gasteiger partial charge on any atom is -0.462 e. The molecule has 3 aliphatic heterocycles. The number of likely N-dealkylation sites (tertiary alicyclic amines) is 1. The lowest BCUT2D eigenvalue weighted by molar-refractivity contribution is -0.0130. The lowest BCUT2D eigenvalue weighted by Gasteiger charge is -2.50. The van der Waals surface area contributed by atoms with Crippen LogP contribution >= 0.6 is 11.6 Å². The van der Waals surface area contributed by atoms with Crippen molar-refractivity contribution in [2.24, 2.45) is 0 Å². The molecule has 9 nitrogen and oxygen atoms in total. The van der Waals surface area contributed by atoms with Gasteiger partial charge in [0.25, 0.3) is 0 Å². The molecule has 2 saturated heterocycles. The minimum atomic E-state index is -1.03. The Balaban J connectivity index is 1.34. The highest BCUT2D eigenvalue weighted by Gasteiger charge is 2.42. The highest BCUT2D eigenvalue weighted by Crippen LogP contribution is 2.38. The van der Waals surface area contributed by atoms with Crippen LogP contribution in [0.15, 0.2) is 48.6 Å². The molecule has 0 saturated carbocycles. The number of piperazine rings is 1. The number of halogens is 2. The number of ether oxygens (including phenoxy) is 1. The normalized spacial score (nSPS) is 23.4. The van der Waals surface area contributed by atoms with Gasteiger partial charge in [-0.3, -0.25) is 4.90 Å². The van der Waals surface area contributed by atoms with Crippen molar-refractivity contribution in [3.63, 3.8) is 0 Å². The lowest BCUT2D eigenvalue weighted by atomic mass is 10.0. The zero-order valence-corrected chi connectivity index (χ0v) is 27.3. The number of nitriles is 1. The molecule has 4 heterocycles.